The zero-order chi connectivity index (χ0) is 12.5. The lowest BCUT2D eigenvalue weighted by molar-refractivity contribution is 0.574. The van der Waals surface area contributed by atoms with Gasteiger partial charge in [-0.15, -0.1) is 0 Å². The van der Waals surface area contributed by atoms with Gasteiger partial charge in [-0.3, -0.25) is 4.98 Å². The Morgan fingerprint density at radius 3 is 2.65 bits per heavy atom. The first-order chi connectivity index (χ1) is 8.00. The molecule has 2 rings (SSSR count). The van der Waals surface area contributed by atoms with Gasteiger partial charge in [0.05, 0.1) is 11.7 Å². The topological polar surface area (TPSA) is 38.9 Å². The van der Waals surface area contributed by atoms with Gasteiger partial charge in [0.1, 0.15) is 5.82 Å². The van der Waals surface area contributed by atoms with Gasteiger partial charge in [-0.25, -0.2) is 4.39 Å². The van der Waals surface area contributed by atoms with Crippen molar-refractivity contribution in [2.75, 3.05) is 0 Å². The van der Waals surface area contributed by atoms with Gasteiger partial charge in [0.2, 0.25) is 0 Å². The van der Waals surface area contributed by atoms with Crippen molar-refractivity contribution in [3.05, 3.63) is 64.1 Å². The predicted molar refractivity (Wildman–Crippen MR) is 69.0 cm³/mol. The van der Waals surface area contributed by atoms with Crippen molar-refractivity contribution in [3.63, 3.8) is 0 Å². The molecule has 2 nitrogen and oxygen atoms in total. The molecule has 0 saturated carbocycles. The average Bonchev–Trinajstić information content (AvgIpc) is 2.29. The molecule has 17 heavy (non-hydrogen) atoms. The van der Waals surface area contributed by atoms with E-state index in [4.69, 9.17) is 5.73 Å². The third-order valence-corrected chi connectivity index (χ3v) is 3.22. The van der Waals surface area contributed by atoms with Crippen LogP contribution in [0.3, 0.4) is 0 Å². The first kappa shape index (κ1) is 12.2. The van der Waals surface area contributed by atoms with E-state index in [1.165, 1.54) is 12.3 Å². The highest BCUT2D eigenvalue weighted by Gasteiger charge is 2.24. The fraction of sp³-hybridized carbons (Fsp3) is 0.154. The third kappa shape index (κ3) is 2.53. The highest BCUT2D eigenvalue weighted by Crippen LogP contribution is 2.28. The summed E-state index contributed by atoms with van der Waals surface area (Å²) in [5.74, 6) is -0.380. The minimum atomic E-state index is -0.765. The van der Waals surface area contributed by atoms with Crippen LogP contribution >= 0.6 is 15.9 Å². The molecule has 2 N–H and O–H groups in total. The Balaban J connectivity index is 2.49. The molecule has 0 fully saturated rings. The molecule has 0 aliphatic heterocycles. The van der Waals surface area contributed by atoms with Crippen LogP contribution < -0.4 is 5.73 Å². The molecule has 0 aliphatic rings. The van der Waals surface area contributed by atoms with E-state index < -0.39 is 5.54 Å². The number of rotatable bonds is 2. The van der Waals surface area contributed by atoms with Crippen molar-refractivity contribution in [2.24, 2.45) is 5.73 Å². The number of halogens is 2. The molecule has 1 aromatic carbocycles. The zero-order valence-corrected chi connectivity index (χ0v) is 10.9. The highest BCUT2D eigenvalue weighted by atomic mass is 79.9. The number of aromatic nitrogens is 1. The smallest absolute Gasteiger partial charge is 0.141 e. The van der Waals surface area contributed by atoms with Crippen LogP contribution in [0.15, 0.2) is 47.2 Å². The highest BCUT2D eigenvalue weighted by molar-refractivity contribution is 9.10. The molecule has 0 aliphatic carbocycles. The summed E-state index contributed by atoms with van der Waals surface area (Å²) in [6.07, 6.45) is 2.75. The Kier molecular flexibility index (Phi) is 3.26. The number of nitrogens with zero attached hydrogens (tertiary/aromatic N) is 1. The van der Waals surface area contributed by atoms with Crippen LogP contribution in [0.25, 0.3) is 0 Å². The Bertz CT molecular complexity index is 493. The van der Waals surface area contributed by atoms with E-state index in [1.807, 2.05) is 31.2 Å². The van der Waals surface area contributed by atoms with Gasteiger partial charge >= 0.3 is 0 Å². The normalized spacial score (nSPS) is 14.4. The molecule has 0 radical (unpaired) electrons. The SMILES string of the molecule is CC(N)(c1cncc(F)c1)c1cccc(Br)c1. The maximum absolute atomic E-state index is 13.2. The van der Waals surface area contributed by atoms with Crippen LogP contribution in [0.2, 0.25) is 0 Å². The van der Waals surface area contributed by atoms with Gasteiger partial charge in [0, 0.05) is 10.7 Å². The minimum Gasteiger partial charge on any atom is -0.318 e. The van der Waals surface area contributed by atoms with Crippen molar-refractivity contribution in [1.82, 2.24) is 4.98 Å². The van der Waals surface area contributed by atoms with Crippen LogP contribution in [0.1, 0.15) is 18.1 Å². The first-order valence-electron chi connectivity index (χ1n) is 5.16. The molecule has 1 heterocycles. The summed E-state index contributed by atoms with van der Waals surface area (Å²) < 4.78 is 14.1. The zero-order valence-electron chi connectivity index (χ0n) is 9.32. The number of benzene rings is 1. The van der Waals surface area contributed by atoms with Crippen LogP contribution in [0, 0.1) is 5.82 Å². The third-order valence-electron chi connectivity index (χ3n) is 2.73. The van der Waals surface area contributed by atoms with Gasteiger partial charge in [-0.2, -0.15) is 0 Å². The second-order valence-corrected chi connectivity index (χ2v) is 5.02. The second kappa shape index (κ2) is 4.55. The van der Waals surface area contributed by atoms with E-state index in [9.17, 15) is 4.39 Å². The minimum absolute atomic E-state index is 0.380. The van der Waals surface area contributed by atoms with Gasteiger partial charge in [-0.1, -0.05) is 28.1 Å². The quantitative estimate of drug-likeness (QED) is 0.924. The van der Waals surface area contributed by atoms with E-state index >= 15 is 0 Å². The van der Waals surface area contributed by atoms with Crippen molar-refractivity contribution < 1.29 is 4.39 Å². The number of hydrogen-bond acceptors (Lipinski definition) is 2. The Morgan fingerprint density at radius 2 is 2.00 bits per heavy atom. The van der Waals surface area contributed by atoms with Gasteiger partial charge in [0.15, 0.2) is 0 Å². The summed E-state index contributed by atoms with van der Waals surface area (Å²) in [6.45, 7) is 1.84. The molecule has 1 atom stereocenters. The van der Waals surface area contributed by atoms with Crippen molar-refractivity contribution in [1.29, 1.82) is 0 Å². The molecule has 1 aromatic heterocycles. The van der Waals surface area contributed by atoms with Gasteiger partial charge < -0.3 is 5.73 Å². The van der Waals surface area contributed by atoms with Gasteiger partial charge in [-0.05, 0) is 36.2 Å². The Morgan fingerprint density at radius 1 is 1.24 bits per heavy atom. The van der Waals surface area contributed by atoms with Crippen LogP contribution in [-0.4, -0.2) is 4.98 Å². The Labute approximate surface area is 108 Å². The van der Waals surface area contributed by atoms with Crippen molar-refractivity contribution in [2.45, 2.75) is 12.5 Å². The maximum atomic E-state index is 13.2. The number of hydrogen-bond donors (Lipinski definition) is 1. The maximum Gasteiger partial charge on any atom is 0.141 e. The lowest BCUT2D eigenvalue weighted by Crippen LogP contribution is -2.34. The molecular formula is C13H12BrFN2. The molecule has 88 valence electrons. The van der Waals surface area contributed by atoms with Crippen molar-refractivity contribution >= 4 is 15.9 Å². The van der Waals surface area contributed by atoms with Crippen LogP contribution in [0.4, 0.5) is 4.39 Å². The predicted octanol–water partition coefficient (Wildman–Crippen LogP) is 3.21. The Hall–Kier alpha value is -1.26. The molecule has 0 spiro atoms. The fourth-order valence-electron chi connectivity index (χ4n) is 1.67. The van der Waals surface area contributed by atoms with E-state index in [-0.39, 0.29) is 5.82 Å². The number of pyridine rings is 1. The van der Waals surface area contributed by atoms with Crippen LogP contribution in [0.5, 0.6) is 0 Å². The summed E-state index contributed by atoms with van der Waals surface area (Å²) in [5.41, 5.74) is 7.06. The average molecular weight is 295 g/mol. The number of nitrogens with two attached hydrogens (primary N) is 1. The summed E-state index contributed by atoms with van der Waals surface area (Å²) in [5, 5.41) is 0. The molecular weight excluding hydrogens is 283 g/mol. The summed E-state index contributed by atoms with van der Waals surface area (Å²) in [6, 6.07) is 9.06. The second-order valence-electron chi connectivity index (χ2n) is 4.10. The van der Waals surface area contributed by atoms with Crippen LogP contribution in [-0.2, 0) is 5.54 Å². The summed E-state index contributed by atoms with van der Waals surface area (Å²) in [4.78, 5) is 3.83. The lowest BCUT2D eigenvalue weighted by Gasteiger charge is -2.25. The molecule has 1 unspecified atom stereocenters. The monoisotopic (exact) mass is 294 g/mol. The first-order valence-corrected chi connectivity index (χ1v) is 5.95. The van der Waals surface area contributed by atoms with E-state index in [0.717, 1.165) is 10.0 Å². The standard InChI is InChI=1S/C13H12BrFN2/c1-13(16,9-3-2-4-11(14)5-9)10-6-12(15)8-17-7-10/h2-8H,16H2,1H3. The van der Waals surface area contributed by atoms with Gasteiger partial charge in [0.25, 0.3) is 0 Å². The molecule has 0 amide bonds. The lowest BCUT2D eigenvalue weighted by atomic mass is 9.87. The summed E-state index contributed by atoms with van der Waals surface area (Å²) >= 11 is 3.40. The molecule has 4 heteroatoms. The molecule has 0 saturated heterocycles. The molecule has 2 aromatic rings. The largest absolute Gasteiger partial charge is 0.318 e. The van der Waals surface area contributed by atoms with E-state index in [2.05, 4.69) is 20.9 Å². The fourth-order valence-corrected chi connectivity index (χ4v) is 2.07. The summed E-state index contributed by atoms with van der Waals surface area (Å²) in [7, 11) is 0. The molecule has 0 bridgehead atoms. The van der Waals surface area contributed by atoms with E-state index in [1.54, 1.807) is 6.20 Å². The van der Waals surface area contributed by atoms with E-state index in [0.29, 0.717) is 5.56 Å². The van der Waals surface area contributed by atoms with Crippen molar-refractivity contribution in [3.8, 4) is 0 Å².